The van der Waals surface area contributed by atoms with Crippen LogP contribution >= 0.6 is 47.0 Å². The second kappa shape index (κ2) is 5.32. The first-order valence-electron chi connectivity index (χ1n) is 4.28. The summed E-state index contributed by atoms with van der Waals surface area (Å²) in [5.74, 6) is 4.11. The molecule has 2 heterocycles. The monoisotopic (exact) mass is 237 g/mol. The van der Waals surface area contributed by atoms with Gasteiger partial charge in [-0.25, -0.2) is 0 Å². The molecular formula is C8H13S4. The molecule has 2 saturated heterocycles. The minimum absolute atomic E-state index is 0.876. The lowest BCUT2D eigenvalue weighted by atomic mass is 10.4. The van der Waals surface area contributed by atoms with Crippen LogP contribution in [0, 0.1) is 4.58 Å². The van der Waals surface area contributed by atoms with Crippen LogP contribution in [-0.2, 0) is 0 Å². The van der Waals surface area contributed by atoms with E-state index in [0.29, 0.717) is 0 Å². The van der Waals surface area contributed by atoms with E-state index in [9.17, 15) is 0 Å². The van der Waals surface area contributed by atoms with E-state index in [1.807, 2.05) is 0 Å². The Morgan fingerprint density at radius 1 is 1.08 bits per heavy atom. The van der Waals surface area contributed by atoms with E-state index in [1.165, 1.54) is 35.2 Å². The molecule has 0 amide bonds. The fourth-order valence-corrected chi connectivity index (χ4v) is 7.19. The molecule has 0 bridgehead atoms. The third-order valence-corrected chi connectivity index (χ3v) is 7.66. The van der Waals surface area contributed by atoms with Crippen molar-refractivity contribution < 1.29 is 0 Å². The summed E-state index contributed by atoms with van der Waals surface area (Å²) in [6.45, 7) is 0. The van der Waals surface area contributed by atoms with Crippen LogP contribution in [0.4, 0.5) is 0 Å². The molecule has 0 aromatic heterocycles. The molecule has 12 heavy (non-hydrogen) atoms. The van der Waals surface area contributed by atoms with Crippen molar-refractivity contribution in [1.82, 2.24) is 0 Å². The SMILES string of the molecule is C1CS[C](C2CCSCS2)SC1. The minimum Gasteiger partial charge on any atom is -0.151 e. The van der Waals surface area contributed by atoms with Gasteiger partial charge in [-0.2, -0.15) is 11.8 Å². The molecule has 0 aliphatic carbocycles. The third kappa shape index (κ3) is 2.69. The molecule has 2 fully saturated rings. The van der Waals surface area contributed by atoms with Gasteiger partial charge in [0.1, 0.15) is 0 Å². The van der Waals surface area contributed by atoms with Crippen molar-refractivity contribution in [2.24, 2.45) is 0 Å². The van der Waals surface area contributed by atoms with E-state index >= 15 is 0 Å². The Morgan fingerprint density at radius 3 is 2.58 bits per heavy atom. The minimum atomic E-state index is 0.876. The van der Waals surface area contributed by atoms with Gasteiger partial charge in [0, 0.05) is 10.3 Å². The van der Waals surface area contributed by atoms with Crippen LogP contribution in [0.25, 0.3) is 0 Å². The van der Waals surface area contributed by atoms with Crippen molar-refractivity contribution in [3.63, 3.8) is 0 Å². The Bertz CT molecular complexity index is 111. The fourth-order valence-electron chi connectivity index (χ4n) is 1.28. The molecule has 2 rings (SSSR count). The largest absolute Gasteiger partial charge is 0.151 e. The lowest BCUT2D eigenvalue weighted by molar-refractivity contribution is 0.950. The molecule has 0 nitrogen and oxygen atoms in total. The maximum absolute atomic E-state index is 2.15. The van der Waals surface area contributed by atoms with Crippen molar-refractivity contribution in [1.29, 1.82) is 0 Å². The lowest BCUT2D eigenvalue weighted by Crippen LogP contribution is -2.17. The maximum Gasteiger partial charge on any atom is 0.0977 e. The van der Waals surface area contributed by atoms with E-state index < -0.39 is 0 Å². The lowest BCUT2D eigenvalue weighted by Gasteiger charge is -2.30. The van der Waals surface area contributed by atoms with Crippen LogP contribution in [0.2, 0.25) is 0 Å². The molecule has 4 heteroatoms. The van der Waals surface area contributed by atoms with E-state index in [-0.39, 0.29) is 0 Å². The summed E-state index contributed by atoms with van der Waals surface area (Å²) in [5, 5.41) is 2.19. The molecule has 2 aliphatic rings. The zero-order chi connectivity index (χ0) is 8.23. The van der Waals surface area contributed by atoms with Gasteiger partial charge < -0.3 is 0 Å². The van der Waals surface area contributed by atoms with Crippen molar-refractivity contribution in [2.75, 3.05) is 22.3 Å². The first-order chi connectivity index (χ1) is 5.97. The average Bonchev–Trinajstić information content (AvgIpc) is 2.21. The second-order valence-electron chi connectivity index (χ2n) is 2.84. The summed E-state index contributed by atoms with van der Waals surface area (Å²) < 4.78 is 1.73. The number of hydrogen-bond acceptors (Lipinski definition) is 4. The van der Waals surface area contributed by atoms with Gasteiger partial charge in [-0.1, -0.05) is 0 Å². The molecule has 69 valence electrons. The Labute approximate surface area is 91.8 Å². The zero-order valence-electron chi connectivity index (χ0n) is 6.95. The molecule has 2 aliphatic heterocycles. The third-order valence-electron chi connectivity index (χ3n) is 1.92. The van der Waals surface area contributed by atoms with Crippen LogP contribution < -0.4 is 0 Å². The number of thioether (sulfide) groups is 4. The zero-order valence-corrected chi connectivity index (χ0v) is 10.2. The fraction of sp³-hybridized carbons (Fsp3) is 0.875. The second-order valence-corrected chi connectivity index (χ2v) is 8.03. The van der Waals surface area contributed by atoms with Crippen molar-refractivity contribution in [3.8, 4) is 0 Å². The van der Waals surface area contributed by atoms with Gasteiger partial charge in [0.2, 0.25) is 0 Å². The smallest absolute Gasteiger partial charge is 0.0977 e. The van der Waals surface area contributed by atoms with Gasteiger partial charge >= 0.3 is 0 Å². The highest BCUT2D eigenvalue weighted by molar-refractivity contribution is 8.23. The summed E-state index contributed by atoms with van der Waals surface area (Å²) in [4.78, 5) is 0. The van der Waals surface area contributed by atoms with Gasteiger partial charge in [0.05, 0.1) is 4.58 Å². The predicted octanol–water partition coefficient (Wildman–Crippen LogP) is 3.54. The van der Waals surface area contributed by atoms with E-state index in [0.717, 1.165) is 5.25 Å². The van der Waals surface area contributed by atoms with Gasteiger partial charge in [0.15, 0.2) is 0 Å². The van der Waals surface area contributed by atoms with Crippen molar-refractivity contribution >= 4 is 47.0 Å². The molecule has 0 aromatic carbocycles. The van der Waals surface area contributed by atoms with E-state index in [2.05, 4.69) is 47.0 Å². The van der Waals surface area contributed by atoms with Gasteiger partial charge in [-0.15, -0.1) is 35.3 Å². The van der Waals surface area contributed by atoms with Crippen molar-refractivity contribution in [3.05, 3.63) is 4.58 Å². The molecule has 0 N–H and O–H groups in total. The van der Waals surface area contributed by atoms with Gasteiger partial charge in [-0.3, -0.25) is 0 Å². The molecule has 0 saturated carbocycles. The molecule has 1 atom stereocenters. The van der Waals surface area contributed by atoms with Crippen LogP contribution in [-0.4, -0.2) is 27.6 Å². The topological polar surface area (TPSA) is 0 Å². The van der Waals surface area contributed by atoms with E-state index in [1.54, 1.807) is 4.58 Å². The Balaban J connectivity index is 1.80. The van der Waals surface area contributed by atoms with Crippen LogP contribution in [0.3, 0.4) is 0 Å². The van der Waals surface area contributed by atoms with Crippen LogP contribution in [0.1, 0.15) is 12.8 Å². The quantitative estimate of drug-likeness (QED) is 0.684. The van der Waals surface area contributed by atoms with Crippen molar-refractivity contribution in [2.45, 2.75) is 18.1 Å². The molecule has 1 unspecified atom stereocenters. The Kier molecular flexibility index (Phi) is 4.41. The summed E-state index contributed by atoms with van der Waals surface area (Å²) in [6, 6.07) is 0. The predicted molar refractivity (Wildman–Crippen MR) is 66.1 cm³/mol. The molecule has 1 radical (unpaired) electrons. The number of rotatable bonds is 1. The van der Waals surface area contributed by atoms with Crippen LogP contribution in [0.15, 0.2) is 0 Å². The van der Waals surface area contributed by atoms with Crippen LogP contribution in [0.5, 0.6) is 0 Å². The Hall–Kier alpha value is 1.40. The highest BCUT2D eigenvalue weighted by atomic mass is 32.2. The summed E-state index contributed by atoms with van der Waals surface area (Å²) in [6.07, 6.45) is 2.82. The first kappa shape index (κ1) is 9.94. The standard InChI is InChI=1S/C8H13S4/c1-3-10-8(11-4-1)7-2-5-9-6-12-7/h7H,1-6H2. The first-order valence-corrected chi connectivity index (χ1v) is 8.46. The van der Waals surface area contributed by atoms with Gasteiger partial charge in [-0.05, 0) is 30.1 Å². The van der Waals surface area contributed by atoms with E-state index in [4.69, 9.17) is 0 Å². The summed E-state index contributed by atoms with van der Waals surface area (Å²) >= 11 is 8.49. The summed E-state index contributed by atoms with van der Waals surface area (Å²) in [5.41, 5.74) is 0. The normalized spacial score (nSPS) is 33.5. The highest BCUT2D eigenvalue weighted by Crippen LogP contribution is 2.47. The average molecular weight is 237 g/mol. The molecule has 0 spiro atoms. The summed E-state index contributed by atoms with van der Waals surface area (Å²) in [7, 11) is 0. The van der Waals surface area contributed by atoms with Gasteiger partial charge in [0.25, 0.3) is 0 Å². The number of hydrogen-bond donors (Lipinski definition) is 0. The maximum atomic E-state index is 2.15. The Morgan fingerprint density at radius 2 is 1.92 bits per heavy atom. The molecular weight excluding hydrogens is 224 g/mol. The molecule has 0 aromatic rings. The highest BCUT2D eigenvalue weighted by Gasteiger charge is 2.27.